The van der Waals surface area contributed by atoms with Crippen LogP contribution in [0.2, 0.25) is 5.02 Å². The number of benzene rings is 1. The van der Waals surface area contributed by atoms with Gasteiger partial charge in [-0.1, -0.05) is 44.5 Å². The Labute approximate surface area is 134 Å². The van der Waals surface area contributed by atoms with Gasteiger partial charge in [-0.15, -0.1) is 0 Å². The van der Waals surface area contributed by atoms with Gasteiger partial charge >= 0.3 is 0 Å². The fourth-order valence-corrected chi connectivity index (χ4v) is 3.49. The van der Waals surface area contributed by atoms with Gasteiger partial charge in [0, 0.05) is 31.7 Å². The number of hydrogen-bond donors (Lipinski definition) is 1. The fourth-order valence-electron chi connectivity index (χ4n) is 3.18. The van der Waals surface area contributed by atoms with Crippen LogP contribution in [0, 0.1) is 5.92 Å². The Bertz CT molecular complexity index is 473. The minimum atomic E-state index is 0.476. The van der Waals surface area contributed by atoms with Crippen molar-refractivity contribution >= 4 is 17.3 Å². The lowest BCUT2D eigenvalue weighted by Gasteiger charge is -2.25. The molecular weight excluding hydrogens is 282 g/mol. The molecule has 0 bridgehead atoms. The molecule has 1 heterocycles. The SMILES string of the molecule is CC(C)NCc1cccc(Cl)c1N1CC(C)C(N(C)C)C1. The average Bonchev–Trinajstić information content (AvgIpc) is 2.78. The maximum absolute atomic E-state index is 6.52. The molecule has 0 radical (unpaired) electrons. The topological polar surface area (TPSA) is 18.5 Å². The van der Waals surface area contributed by atoms with Gasteiger partial charge in [-0.25, -0.2) is 0 Å². The summed E-state index contributed by atoms with van der Waals surface area (Å²) in [4.78, 5) is 4.78. The van der Waals surface area contributed by atoms with Gasteiger partial charge in [-0.2, -0.15) is 0 Å². The molecule has 1 aliphatic rings. The summed E-state index contributed by atoms with van der Waals surface area (Å²) in [5.74, 6) is 0.655. The van der Waals surface area contributed by atoms with E-state index in [0.29, 0.717) is 18.0 Å². The van der Waals surface area contributed by atoms with Gasteiger partial charge in [0.05, 0.1) is 10.7 Å². The number of para-hydroxylation sites is 1. The Morgan fingerprint density at radius 3 is 2.62 bits per heavy atom. The first kappa shape index (κ1) is 16.6. The standard InChI is InChI=1S/C17H28ClN3/c1-12(2)19-9-14-7-6-8-15(18)17(14)21-10-13(3)16(11-21)20(4)5/h6-8,12-13,16,19H,9-11H2,1-5H3. The molecule has 0 aliphatic carbocycles. The van der Waals surface area contributed by atoms with Crippen molar-refractivity contribution in [2.75, 3.05) is 32.1 Å². The maximum Gasteiger partial charge on any atom is 0.0642 e. The highest BCUT2D eigenvalue weighted by molar-refractivity contribution is 6.33. The third kappa shape index (κ3) is 3.91. The molecule has 21 heavy (non-hydrogen) atoms. The maximum atomic E-state index is 6.52. The normalized spacial score (nSPS) is 22.6. The zero-order valence-electron chi connectivity index (χ0n) is 13.9. The smallest absolute Gasteiger partial charge is 0.0642 e. The van der Waals surface area contributed by atoms with E-state index in [0.717, 1.165) is 24.7 Å². The second-order valence-electron chi connectivity index (χ2n) is 6.70. The summed E-state index contributed by atoms with van der Waals surface area (Å²) in [6, 6.07) is 7.30. The van der Waals surface area contributed by atoms with Crippen LogP contribution in [0.15, 0.2) is 18.2 Å². The van der Waals surface area contributed by atoms with Gasteiger partial charge in [-0.05, 0) is 31.6 Å². The van der Waals surface area contributed by atoms with Crippen LogP contribution >= 0.6 is 11.6 Å². The summed E-state index contributed by atoms with van der Waals surface area (Å²) >= 11 is 6.52. The molecule has 1 N–H and O–H groups in total. The van der Waals surface area contributed by atoms with Crippen LogP contribution in [0.3, 0.4) is 0 Å². The van der Waals surface area contributed by atoms with E-state index in [2.05, 4.69) is 56.0 Å². The fraction of sp³-hybridized carbons (Fsp3) is 0.647. The number of anilines is 1. The molecule has 0 amide bonds. The number of nitrogens with one attached hydrogen (secondary N) is 1. The Morgan fingerprint density at radius 1 is 1.33 bits per heavy atom. The van der Waals surface area contributed by atoms with Gasteiger partial charge in [0.25, 0.3) is 0 Å². The zero-order chi connectivity index (χ0) is 15.6. The van der Waals surface area contributed by atoms with Crippen molar-refractivity contribution in [1.29, 1.82) is 0 Å². The van der Waals surface area contributed by atoms with Crippen molar-refractivity contribution in [2.45, 2.75) is 39.4 Å². The summed E-state index contributed by atoms with van der Waals surface area (Å²) in [6.45, 7) is 9.65. The number of hydrogen-bond acceptors (Lipinski definition) is 3. The zero-order valence-corrected chi connectivity index (χ0v) is 14.6. The molecular formula is C17H28ClN3. The second-order valence-corrected chi connectivity index (χ2v) is 7.10. The molecule has 4 heteroatoms. The van der Waals surface area contributed by atoms with Crippen molar-refractivity contribution in [3.8, 4) is 0 Å². The average molecular weight is 310 g/mol. The monoisotopic (exact) mass is 309 g/mol. The van der Waals surface area contributed by atoms with Crippen LogP contribution < -0.4 is 10.2 Å². The van der Waals surface area contributed by atoms with Crippen LogP contribution in [0.4, 0.5) is 5.69 Å². The molecule has 1 saturated heterocycles. The Kier molecular flexibility index (Phi) is 5.53. The highest BCUT2D eigenvalue weighted by atomic mass is 35.5. The van der Waals surface area contributed by atoms with Crippen LogP contribution in [0.1, 0.15) is 26.3 Å². The predicted octanol–water partition coefficient (Wildman–Crippen LogP) is 3.22. The van der Waals surface area contributed by atoms with E-state index in [4.69, 9.17) is 11.6 Å². The Hall–Kier alpha value is -0.770. The lowest BCUT2D eigenvalue weighted by atomic mass is 10.1. The molecule has 2 atom stereocenters. The number of nitrogens with zero attached hydrogens (tertiary/aromatic N) is 2. The first-order chi connectivity index (χ1) is 9.90. The largest absolute Gasteiger partial charge is 0.368 e. The molecule has 1 fully saturated rings. The predicted molar refractivity (Wildman–Crippen MR) is 92.3 cm³/mol. The molecule has 0 spiro atoms. The van der Waals surface area contributed by atoms with E-state index in [9.17, 15) is 0 Å². The van der Waals surface area contributed by atoms with Gasteiger partial charge in [-0.3, -0.25) is 0 Å². The van der Waals surface area contributed by atoms with E-state index in [-0.39, 0.29) is 0 Å². The third-order valence-electron chi connectivity index (χ3n) is 4.32. The molecule has 2 unspecified atom stereocenters. The van der Waals surface area contributed by atoms with E-state index < -0.39 is 0 Å². The molecule has 2 rings (SSSR count). The van der Waals surface area contributed by atoms with Crippen LogP contribution in [0.5, 0.6) is 0 Å². The molecule has 3 nitrogen and oxygen atoms in total. The molecule has 0 aromatic heterocycles. The molecule has 1 aromatic rings. The van der Waals surface area contributed by atoms with Crippen molar-refractivity contribution in [1.82, 2.24) is 10.2 Å². The number of halogens is 1. The van der Waals surface area contributed by atoms with E-state index in [1.165, 1.54) is 11.3 Å². The molecule has 1 aliphatic heterocycles. The van der Waals surface area contributed by atoms with Crippen molar-refractivity contribution in [3.05, 3.63) is 28.8 Å². The molecule has 0 saturated carbocycles. The summed E-state index contributed by atoms with van der Waals surface area (Å²) < 4.78 is 0. The minimum absolute atomic E-state index is 0.476. The lowest BCUT2D eigenvalue weighted by molar-refractivity contribution is 0.266. The van der Waals surface area contributed by atoms with E-state index >= 15 is 0 Å². The van der Waals surface area contributed by atoms with Gasteiger partial charge < -0.3 is 15.1 Å². The first-order valence-electron chi connectivity index (χ1n) is 7.82. The van der Waals surface area contributed by atoms with Crippen LogP contribution in [0.25, 0.3) is 0 Å². The molecule has 118 valence electrons. The van der Waals surface area contributed by atoms with E-state index in [1.54, 1.807) is 0 Å². The molecule has 1 aromatic carbocycles. The third-order valence-corrected chi connectivity index (χ3v) is 4.63. The quantitative estimate of drug-likeness (QED) is 0.901. The Morgan fingerprint density at radius 2 is 2.05 bits per heavy atom. The van der Waals surface area contributed by atoms with Crippen molar-refractivity contribution in [3.63, 3.8) is 0 Å². The highest BCUT2D eigenvalue weighted by Crippen LogP contribution is 2.34. The van der Waals surface area contributed by atoms with Crippen LogP contribution in [-0.4, -0.2) is 44.2 Å². The van der Waals surface area contributed by atoms with Crippen LogP contribution in [-0.2, 0) is 6.54 Å². The number of rotatable bonds is 5. The second kappa shape index (κ2) is 6.99. The summed E-state index contributed by atoms with van der Waals surface area (Å²) in [7, 11) is 4.33. The minimum Gasteiger partial charge on any atom is -0.368 e. The Balaban J connectivity index is 2.23. The lowest BCUT2D eigenvalue weighted by Crippen LogP contribution is -2.34. The van der Waals surface area contributed by atoms with Crippen molar-refractivity contribution in [2.24, 2.45) is 5.92 Å². The first-order valence-corrected chi connectivity index (χ1v) is 8.20. The van der Waals surface area contributed by atoms with E-state index in [1.807, 2.05) is 12.1 Å². The summed E-state index contributed by atoms with van der Waals surface area (Å²) in [6.07, 6.45) is 0. The van der Waals surface area contributed by atoms with Gasteiger partial charge in [0.1, 0.15) is 0 Å². The van der Waals surface area contributed by atoms with Gasteiger partial charge in [0.2, 0.25) is 0 Å². The highest BCUT2D eigenvalue weighted by Gasteiger charge is 2.32. The number of likely N-dealkylation sites (N-methyl/N-ethyl adjacent to an activating group) is 1. The van der Waals surface area contributed by atoms with Gasteiger partial charge in [0.15, 0.2) is 0 Å². The van der Waals surface area contributed by atoms with Crippen molar-refractivity contribution < 1.29 is 0 Å². The summed E-state index contributed by atoms with van der Waals surface area (Å²) in [5, 5.41) is 4.37. The summed E-state index contributed by atoms with van der Waals surface area (Å²) in [5.41, 5.74) is 2.51.